The highest BCUT2D eigenvalue weighted by Gasteiger charge is 2.15. The first kappa shape index (κ1) is 17.8. The molecule has 7 nitrogen and oxygen atoms in total. The molecule has 1 aromatic heterocycles. The maximum Gasteiger partial charge on any atom is 0.349 e. The molecule has 0 aliphatic rings. The summed E-state index contributed by atoms with van der Waals surface area (Å²) in [6.07, 6.45) is 0. The van der Waals surface area contributed by atoms with E-state index in [0.717, 1.165) is 0 Å². The van der Waals surface area contributed by atoms with Crippen molar-refractivity contribution in [3.63, 3.8) is 0 Å². The second-order valence-electron chi connectivity index (χ2n) is 5.45. The van der Waals surface area contributed by atoms with Gasteiger partial charge in [0.25, 0.3) is 5.91 Å². The van der Waals surface area contributed by atoms with E-state index in [1.165, 1.54) is 18.2 Å². The van der Waals surface area contributed by atoms with Crippen LogP contribution >= 0.6 is 0 Å². The molecule has 0 fully saturated rings. The minimum absolute atomic E-state index is 0.0120. The number of nitrogens with one attached hydrogen (secondary N) is 2. The van der Waals surface area contributed by atoms with Gasteiger partial charge < -0.3 is 9.73 Å². The number of sulfonamides is 1. The number of amides is 1. The highest BCUT2D eigenvalue weighted by Crippen LogP contribution is 2.12. The number of carbonyl (C=O) groups is 1. The summed E-state index contributed by atoms with van der Waals surface area (Å²) in [4.78, 5) is 24.2. The molecule has 3 aromatic rings. The lowest BCUT2D eigenvalue weighted by Gasteiger charge is -2.08. The third-order valence-corrected chi connectivity index (χ3v) is 5.12. The van der Waals surface area contributed by atoms with Gasteiger partial charge in [0.1, 0.15) is 11.1 Å². The fourth-order valence-corrected chi connectivity index (χ4v) is 3.41. The van der Waals surface area contributed by atoms with Gasteiger partial charge in [-0.25, -0.2) is 17.9 Å². The van der Waals surface area contributed by atoms with Gasteiger partial charge in [0.2, 0.25) is 10.0 Å². The fraction of sp³-hybridized carbons (Fsp3) is 0.111. The summed E-state index contributed by atoms with van der Waals surface area (Å²) in [7, 11) is -3.64. The third kappa shape index (κ3) is 3.98. The van der Waals surface area contributed by atoms with E-state index in [9.17, 15) is 18.0 Å². The van der Waals surface area contributed by atoms with Crippen LogP contribution in [0.2, 0.25) is 0 Å². The van der Waals surface area contributed by atoms with Crippen LogP contribution in [-0.4, -0.2) is 27.4 Å². The maximum absolute atomic E-state index is 12.2. The Morgan fingerprint density at radius 1 is 0.962 bits per heavy atom. The lowest BCUT2D eigenvalue weighted by molar-refractivity contribution is 0.0951. The first-order valence-corrected chi connectivity index (χ1v) is 9.31. The molecule has 0 saturated heterocycles. The Bertz CT molecular complexity index is 1090. The van der Waals surface area contributed by atoms with E-state index in [1.807, 2.05) is 0 Å². The van der Waals surface area contributed by atoms with Gasteiger partial charge in [0, 0.05) is 18.5 Å². The van der Waals surface area contributed by atoms with Crippen LogP contribution in [0.4, 0.5) is 0 Å². The normalized spacial score (nSPS) is 11.4. The van der Waals surface area contributed by atoms with Crippen LogP contribution in [0.15, 0.2) is 74.8 Å². The van der Waals surface area contributed by atoms with Crippen LogP contribution in [0.5, 0.6) is 0 Å². The minimum atomic E-state index is -3.64. The molecular weight excluding hydrogens is 356 g/mol. The van der Waals surface area contributed by atoms with Crippen LogP contribution in [-0.2, 0) is 10.0 Å². The predicted molar refractivity (Wildman–Crippen MR) is 96.4 cm³/mol. The van der Waals surface area contributed by atoms with Crippen molar-refractivity contribution in [3.05, 3.63) is 76.6 Å². The Kier molecular flexibility index (Phi) is 5.15. The van der Waals surface area contributed by atoms with Crippen LogP contribution in [0.1, 0.15) is 10.4 Å². The van der Waals surface area contributed by atoms with Gasteiger partial charge in [-0.2, -0.15) is 0 Å². The zero-order chi connectivity index (χ0) is 18.6. The van der Waals surface area contributed by atoms with E-state index >= 15 is 0 Å². The molecule has 1 heterocycles. The smallest absolute Gasteiger partial charge is 0.349 e. The summed E-state index contributed by atoms with van der Waals surface area (Å²) >= 11 is 0. The van der Waals surface area contributed by atoms with Crippen molar-refractivity contribution in [1.82, 2.24) is 10.0 Å². The van der Waals surface area contributed by atoms with Gasteiger partial charge in [-0.1, -0.05) is 36.4 Å². The van der Waals surface area contributed by atoms with Crippen molar-refractivity contribution >= 4 is 26.9 Å². The van der Waals surface area contributed by atoms with Crippen molar-refractivity contribution < 1.29 is 17.6 Å². The molecule has 8 heteroatoms. The SMILES string of the molecule is O=C(NCCNS(=O)(=O)c1ccccc1)c1cc2ccccc2oc1=O. The molecule has 3 rings (SSSR count). The third-order valence-electron chi connectivity index (χ3n) is 3.64. The van der Waals surface area contributed by atoms with Crippen molar-refractivity contribution in [2.45, 2.75) is 4.90 Å². The zero-order valence-corrected chi connectivity index (χ0v) is 14.5. The number of hydrogen-bond acceptors (Lipinski definition) is 5. The standard InChI is InChI=1S/C18H16N2O5S/c21-17(15-12-13-6-4-5-9-16(13)25-18(15)22)19-10-11-20-26(23,24)14-7-2-1-3-8-14/h1-9,12,20H,10-11H2,(H,19,21). The fourth-order valence-electron chi connectivity index (χ4n) is 2.36. The zero-order valence-electron chi connectivity index (χ0n) is 13.6. The van der Waals surface area contributed by atoms with E-state index in [1.54, 1.807) is 42.5 Å². The Balaban J connectivity index is 1.61. The van der Waals surface area contributed by atoms with E-state index in [4.69, 9.17) is 4.42 Å². The molecule has 1 amide bonds. The number of carbonyl (C=O) groups excluding carboxylic acids is 1. The second kappa shape index (κ2) is 7.51. The van der Waals surface area contributed by atoms with Crippen molar-refractivity contribution in [2.24, 2.45) is 0 Å². The lowest BCUT2D eigenvalue weighted by atomic mass is 10.2. The molecule has 2 N–H and O–H groups in total. The first-order valence-electron chi connectivity index (χ1n) is 7.83. The second-order valence-corrected chi connectivity index (χ2v) is 7.22. The van der Waals surface area contributed by atoms with Crippen LogP contribution in [0.3, 0.4) is 0 Å². The molecule has 0 radical (unpaired) electrons. The summed E-state index contributed by atoms with van der Waals surface area (Å²) in [6.45, 7) is 0.0129. The molecule has 0 bridgehead atoms. The predicted octanol–water partition coefficient (Wildman–Crippen LogP) is 1.50. The van der Waals surface area contributed by atoms with E-state index in [2.05, 4.69) is 10.0 Å². The summed E-state index contributed by atoms with van der Waals surface area (Å²) < 4.78 is 31.6. The first-order chi connectivity index (χ1) is 12.5. The van der Waals surface area contributed by atoms with Gasteiger partial charge in [-0.3, -0.25) is 4.79 Å². The number of benzene rings is 2. The molecule has 134 valence electrons. The largest absolute Gasteiger partial charge is 0.422 e. The molecule has 0 unspecified atom stereocenters. The number of fused-ring (bicyclic) bond motifs is 1. The van der Waals surface area contributed by atoms with Gasteiger partial charge in [0.05, 0.1) is 4.90 Å². The number of rotatable bonds is 6. The molecule has 0 saturated carbocycles. The summed E-state index contributed by atoms with van der Waals surface area (Å²) in [5.41, 5.74) is -0.481. The van der Waals surface area contributed by atoms with Crippen molar-refractivity contribution in [2.75, 3.05) is 13.1 Å². The molecule has 2 aromatic carbocycles. The average Bonchev–Trinajstić information content (AvgIpc) is 2.65. The average molecular weight is 372 g/mol. The molecule has 0 spiro atoms. The molecule has 0 atom stereocenters. The van der Waals surface area contributed by atoms with Crippen LogP contribution in [0, 0.1) is 0 Å². The van der Waals surface area contributed by atoms with Crippen LogP contribution in [0.25, 0.3) is 11.0 Å². The van der Waals surface area contributed by atoms with E-state index in [0.29, 0.717) is 11.0 Å². The monoisotopic (exact) mass is 372 g/mol. The minimum Gasteiger partial charge on any atom is -0.422 e. The Labute approximate surface area is 149 Å². The Morgan fingerprint density at radius 2 is 1.65 bits per heavy atom. The van der Waals surface area contributed by atoms with Gasteiger partial charge in [-0.05, 0) is 24.3 Å². The summed E-state index contributed by atoms with van der Waals surface area (Å²) in [6, 6.07) is 16.2. The molecule has 26 heavy (non-hydrogen) atoms. The van der Waals surface area contributed by atoms with Crippen molar-refractivity contribution in [3.8, 4) is 0 Å². The lowest BCUT2D eigenvalue weighted by Crippen LogP contribution is -2.36. The van der Waals surface area contributed by atoms with Crippen LogP contribution < -0.4 is 15.7 Å². The quantitative estimate of drug-likeness (QED) is 0.504. The van der Waals surface area contributed by atoms with Crippen molar-refractivity contribution in [1.29, 1.82) is 0 Å². The number of hydrogen-bond donors (Lipinski definition) is 2. The Hall–Kier alpha value is -2.97. The van der Waals surface area contributed by atoms with E-state index in [-0.39, 0.29) is 23.5 Å². The molecule has 0 aliphatic carbocycles. The maximum atomic E-state index is 12.2. The Morgan fingerprint density at radius 3 is 2.42 bits per heavy atom. The molecular formula is C18H16N2O5S. The number of para-hydroxylation sites is 1. The van der Waals surface area contributed by atoms with Gasteiger partial charge in [-0.15, -0.1) is 0 Å². The highest BCUT2D eigenvalue weighted by atomic mass is 32.2. The summed E-state index contributed by atoms with van der Waals surface area (Å²) in [5.74, 6) is -0.622. The topological polar surface area (TPSA) is 105 Å². The highest BCUT2D eigenvalue weighted by molar-refractivity contribution is 7.89. The van der Waals surface area contributed by atoms with Gasteiger partial charge in [0.15, 0.2) is 0 Å². The molecule has 0 aliphatic heterocycles. The van der Waals surface area contributed by atoms with E-state index < -0.39 is 21.6 Å². The summed E-state index contributed by atoms with van der Waals surface area (Å²) in [5, 5.41) is 3.13. The van der Waals surface area contributed by atoms with Gasteiger partial charge >= 0.3 is 5.63 Å².